The summed E-state index contributed by atoms with van der Waals surface area (Å²) in [6, 6.07) is 16.1. The van der Waals surface area contributed by atoms with Gasteiger partial charge in [-0.1, -0.05) is 18.2 Å². The van der Waals surface area contributed by atoms with E-state index in [9.17, 15) is 14.0 Å². The van der Waals surface area contributed by atoms with Gasteiger partial charge in [-0.3, -0.25) is 9.59 Å². The van der Waals surface area contributed by atoms with Crippen molar-refractivity contribution in [3.05, 3.63) is 89.2 Å². The Morgan fingerprint density at radius 3 is 2.17 bits per heavy atom. The lowest BCUT2D eigenvalue weighted by molar-refractivity contribution is 0.104. The SMILES string of the molecule is Nc1cc(N)c(OCCCCCCOc2ccc(C=CC(=O)c3ccc(F)cc3)cc2)c(C=O)c1. The van der Waals surface area contributed by atoms with Gasteiger partial charge in [-0.2, -0.15) is 0 Å². The first-order valence-corrected chi connectivity index (χ1v) is 11.4. The van der Waals surface area contributed by atoms with Gasteiger partial charge in [0, 0.05) is 11.3 Å². The van der Waals surface area contributed by atoms with Gasteiger partial charge in [-0.05, 0) is 85.9 Å². The van der Waals surface area contributed by atoms with E-state index in [1.54, 1.807) is 18.2 Å². The molecule has 0 atom stereocenters. The molecule has 35 heavy (non-hydrogen) atoms. The van der Waals surface area contributed by atoms with Gasteiger partial charge in [0.1, 0.15) is 11.6 Å². The molecular formula is C28H29FN2O4. The molecule has 6 nitrogen and oxygen atoms in total. The Hall–Kier alpha value is -4.13. The molecule has 3 aromatic rings. The Balaban J connectivity index is 1.32. The number of nitrogen functional groups attached to an aromatic ring is 2. The van der Waals surface area contributed by atoms with Crippen LogP contribution in [0.3, 0.4) is 0 Å². The van der Waals surface area contributed by atoms with Crippen LogP contribution in [0.4, 0.5) is 15.8 Å². The van der Waals surface area contributed by atoms with E-state index >= 15 is 0 Å². The maximum Gasteiger partial charge on any atom is 0.185 e. The molecule has 7 heteroatoms. The van der Waals surface area contributed by atoms with Crippen molar-refractivity contribution in [3.8, 4) is 11.5 Å². The highest BCUT2D eigenvalue weighted by Crippen LogP contribution is 2.28. The third-order valence-electron chi connectivity index (χ3n) is 5.29. The van der Waals surface area contributed by atoms with E-state index < -0.39 is 0 Å². The summed E-state index contributed by atoms with van der Waals surface area (Å²) in [7, 11) is 0. The van der Waals surface area contributed by atoms with Crippen LogP contribution in [0.1, 0.15) is 52.0 Å². The van der Waals surface area contributed by atoms with Crippen molar-refractivity contribution in [3.63, 3.8) is 0 Å². The predicted octanol–water partition coefficient (Wildman–Crippen LogP) is 5.72. The summed E-state index contributed by atoms with van der Waals surface area (Å²) in [5.74, 6) is 0.590. The average Bonchev–Trinajstić information content (AvgIpc) is 2.86. The van der Waals surface area contributed by atoms with Crippen molar-refractivity contribution in [2.24, 2.45) is 0 Å². The van der Waals surface area contributed by atoms with E-state index in [1.807, 2.05) is 24.3 Å². The third-order valence-corrected chi connectivity index (χ3v) is 5.29. The van der Waals surface area contributed by atoms with Crippen LogP contribution in [0.15, 0.2) is 66.7 Å². The number of anilines is 2. The topological polar surface area (TPSA) is 105 Å². The van der Waals surface area contributed by atoms with Crippen LogP contribution in [0.5, 0.6) is 11.5 Å². The molecule has 0 saturated heterocycles. The number of allylic oxidation sites excluding steroid dienone is 1. The largest absolute Gasteiger partial charge is 0.494 e. The molecule has 3 aromatic carbocycles. The summed E-state index contributed by atoms with van der Waals surface area (Å²) in [5.41, 5.74) is 14.0. The molecule has 0 unspecified atom stereocenters. The molecule has 0 aliphatic carbocycles. The van der Waals surface area contributed by atoms with Crippen molar-refractivity contribution in [2.75, 3.05) is 24.7 Å². The lowest BCUT2D eigenvalue weighted by Gasteiger charge is -2.12. The number of nitrogens with two attached hydrogens (primary N) is 2. The Morgan fingerprint density at radius 2 is 1.51 bits per heavy atom. The highest BCUT2D eigenvalue weighted by Gasteiger charge is 2.09. The van der Waals surface area contributed by atoms with Gasteiger partial charge >= 0.3 is 0 Å². The molecule has 182 valence electrons. The third kappa shape index (κ3) is 7.99. The lowest BCUT2D eigenvalue weighted by Crippen LogP contribution is -2.05. The highest BCUT2D eigenvalue weighted by molar-refractivity contribution is 6.06. The summed E-state index contributed by atoms with van der Waals surface area (Å²) < 4.78 is 24.4. The zero-order valence-electron chi connectivity index (χ0n) is 19.4. The normalized spacial score (nSPS) is 10.9. The van der Waals surface area contributed by atoms with Crippen LogP contribution in [-0.4, -0.2) is 25.3 Å². The van der Waals surface area contributed by atoms with Crippen LogP contribution >= 0.6 is 0 Å². The summed E-state index contributed by atoms with van der Waals surface area (Å²) >= 11 is 0. The van der Waals surface area contributed by atoms with Crippen molar-refractivity contribution < 1.29 is 23.5 Å². The molecule has 0 fully saturated rings. The van der Waals surface area contributed by atoms with Gasteiger partial charge in [0.15, 0.2) is 17.8 Å². The maximum absolute atomic E-state index is 13.0. The van der Waals surface area contributed by atoms with Crippen LogP contribution in [0.25, 0.3) is 6.08 Å². The summed E-state index contributed by atoms with van der Waals surface area (Å²) in [5, 5.41) is 0. The van der Waals surface area contributed by atoms with Gasteiger partial charge in [-0.15, -0.1) is 0 Å². The predicted molar refractivity (Wildman–Crippen MR) is 136 cm³/mol. The maximum atomic E-state index is 13.0. The fourth-order valence-electron chi connectivity index (χ4n) is 3.43. The zero-order valence-corrected chi connectivity index (χ0v) is 19.4. The molecule has 0 aliphatic rings. The number of ether oxygens (including phenoxy) is 2. The standard InChI is InChI=1S/C28H29FN2O4/c29-23-10-8-21(9-11-23)27(33)14-7-20-5-12-25(13-6-20)34-15-3-1-2-4-16-35-28-22(19-32)17-24(30)18-26(28)31/h5-14,17-19H,1-4,15-16,30-31H2. The molecule has 0 aromatic heterocycles. The van der Waals surface area contributed by atoms with Gasteiger partial charge in [0.05, 0.1) is 24.5 Å². The second-order valence-corrected chi connectivity index (χ2v) is 8.03. The molecule has 3 rings (SSSR count). The smallest absolute Gasteiger partial charge is 0.185 e. The minimum Gasteiger partial charge on any atom is -0.494 e. The number of hydrogen-bond donors (Lipinski definition) is 2. The fraction of sp³-hybridized carbons (Fsp3) is 0.214. The van der Waals surface area contributed by atoms with Crippen LogP contribution < -0.4 is 20.9 Å². The molecular weight excluding hydrogens is 447 g/mol. The Bertz CT molecular complexity index is 1160. The minimum atomic E-state index is -0.371. The van der Waals surface area contributed by atoms with E-state index in [4.69, 9.17) is 20.9 Å². The molecule has 0 radical (unpaired) electrons. The summed E-state index contributed by atoms with van der Waals surface area (Å²) in [4.78, 5) is 23.3. The second-order valence-electron chi connectivity index (χ2n) is 8.03. The molecule has 0 bridgehead atoms. The van der Waals surface area contributed by atoms with E-state index in [2.05, 4.69) is 0 Å². The van der Waals surface area contributed by atoms with Crippen molar-refractivity contribution in [1.82, 2.24) is 0 Å². The number of rotatable bonds is 13. The molecule has 0 saturated carbocycles. The fourth-order valence-corrected chi connectivity index (χ4v) is 3.43. The Labute approximate surface area is 204 Å². The zero-order chi connectivity index (χ0) is 25.0. The number of carbonyl (C=O) groups excluding carboxylic acids is 2. The molecule has 0 amide bonds. The Morgan fingerprint density at radius 1 is 0.857 bits per heavy atom. The first-order chi connectivity index (χ1) is 17.0. The molecule has 0 aliphatic heterocycles. The number of unbranched alkanes of at least 4 members (excludes halogenated alkanes) is 3. The summed E-state index contributed by atoms with van der Waals surface area (Å²) in [6.07, 6.45) is 7.54. The number of aldehydes is 1. The second kappa shape index (κ2) is 12.9. The van der Waals surface area contributed by atoms with Crippen LogP contribution in [-0.2, 0) is 0 Å². The quantitative estimate of drug-likeness (QED) is 0.108. The van der Waals surface area contributed by atoms with Crippen LogP contribution in [0, 0.1) is 5.82 Å². The van der Waals surface area contributed by atoms with E-state index in [0.717, 1.165) is 37.0 Å². The average molecular weight is 477 g/mol. The van der Waals surface area contributed by atoms with Crippen LogP contribution in [0.2, 0.25) is 0 Å². The number of halogens is 1. The van der Waals surface area contributed by atoms with Gasteiger partial charge < -0.3 is 20.9 Å². The number of benzene rings is 3. The van der Waals surface area contributed by atoms with Crippen molar-refractivity contribution in [2.45, 2.75) is 25.7 Å². The van der Waals surface area contributed by atoms with Crippen molar-refractivity contribution >= 4 is 29.5 Å². The van der Waals surface area contributed by atoms with Crippen molar-refractivity contribution in [1.29, 1.82) is 0 Å². The molecule has 0 spiro atoms. The van der Waals surface area contributed by atoms with Gasteiger partial charge in [0.2, 0.25) is 0 Å². The first-order valence-electron chi connectivity index (χ1n) is 11.4. The lowest BCUT2D eigenvalue weighted by atomic mass is 10.1. The number of carbonyl (C=O) groups is 2. The number of hydrogen-bond acceptors (Lipinski definition) is 6. The molecule has 4 N–H and O–H groups in total. The van der Waals surface area contributed by atoms with Gasteiger partial charge in [0.25, 0.3) is 0 Å². The van der Waals surface area contributed by atoms with Gasteiger partial charge in [-0.25, -0.2) is 4.39 Å². The molecule has 0 heterocycles. The first kappa shape index (κ1) is 25.5. The van der Waals surface area contributed by atoms with E-state index in [-0.39, 0.29) is 11.6 Å². The summed E-state index contributed by atoms with van der Waals surface area (Å²) in [6.45, 7) is 1.06. The van der Waals surface area contributed by atoms with E-state index in [0.29, 0.717) is 47.8 Å². The minimum absolute atomic E-state index is 0.183. The highest BCUT2D eigenvalue weighted by atomic mass is 19.1. The van der Waals surface area contributed by atoms with E-state index in [1.165, 1.54) is 30.3 Å². The monoisotopic (exact) mass is 476 g/mol. The Kier molecular flexibility index (Phi) is 9.42. The number of ketones is 1.